The van der Waals surface area contributed by atoms with Crippen LogP contribution in [0.1, 0.15) is 11.1 Å². The van der Waals surface area contributed by atoms with Crippen molar-refractivity contribution >= 4 is 6.08 Å². The number of nitriles is 1. The van der Waals surface area contributed by atoms with Gasteiger partial charge in [-0.3, -0.25) is 0 Å². The van der Waals surface area contributed by atoms with Crippen LogP contribution >= 0.6 is 0 Å². The summed E-state index contributed by atoms with van der Waals surface area (Å²) < 4.78 is 17.5. The van der Waals surface area contributed by atoms with E-state index in [1.807, 2.05) is 0 Å². The molecule has 1 aromatic carbocycles. The van der Waals surface area contributed by atoms with Crippen molar-refractivity contribution < 1.29 is 9.13 Å². The van der Waals surface area contributed by atoms with Crippen LogP contribution in [0.15, 0.2) is 24.5 Å². The number of ether oxygens (including phenoxy) is 1. The van der Waals surface area contributed by atoms with Crippen LogP contribution in [-0.2, 0) is 4.74 Å². The van der Waals surface area contributed by atoms with E-state index in [0.29, 0.717) is 0 Å². The van der Waals surface area contributed by atoms with E-state index in [1.165, 1.54) is 25.5 Å². The maximum absolute atomic E-state index is 12.8. The number of halogens is 1. The summed E-state index contributed by atoms with van der Waals surface area (Å²) in [5.41, 5.74) is 0.776. The number of methoxy groups -OCH3 is 1. The normalized spacial score (nSPS) is 9.92. The molecule has 13 heavy (non-hydrogen) atoms. The predicted octanol–water partition coefficient (Wildman–Crippen LogP) is 2.31. The van der Waals surface area contributed by atoms with Crippen LogP contribution < -0.4 is 0 Å². The second-order valence-electron chi connectivity index (χ2n) is 2.39. The van der Waals surface area contributed by atoms with Crippen molar-refractivity contribution in [1.82, 2.24) is 0 Å². The van der Waals surface area contributed by atoms with Gasteiger partial charge in [-0.25, -0.2) is 4.39 Å². The summed E-state index contributed by atoms with van der Waals surface area (Å²) in [7, 11) is 1.52. The fraction of sp³-hybridized carbons (Fsp3) is 0.100. The Morgan fingerprint density at radius 2 is 2.31 bits per heavy atom. The van der Waals surface area contributed by atoms with E-state index in [1.54, 1.807) is 18.2 Å². The van der Waals surface area contributed by atoms with Crippen molar-refractivity contribution in [1.29, 1.82) is 5.26 Å². The molecule has 0 unspecified atom stereocenters. The van der Waals surface area contributed by atoms with E-state index in [-0.39, 0.29) is 5.56 Å². The Kier molecular flexibility index (Phi) is 3.04. The molecule has 0 atom stereocenters. The van der Waals surface area contributed by atoms with Crippen molar-refractivity contribution in [2.24, 2.45) is 0 Å². The van der Waals surface area contributed by atoms with Gasteiger partial charge < -0.3 is 4.74 Å². The monoisotopic (exact) mass is 177 g/mol. The number of nitrogens with zero attached hydrogens (tertiary/aromatic N) is 1. The van der Waals surface area contributed by atoms with Gasteiger partial charge in [-0.2, -0.15) is 5.26 Å². The van der Waals surface area contributed by atoms with E-state index in [0.717, 1.165) is 5.56 Å². The molecule has 0 aliphatic carbocycles. The zero-order valence-corrected chi connectivity index (χ0v) is 7.12. The molecule has 0 radical (unpaired) electrons. The molecule has 0 N–H and O–H groups in total. The van der Waals surface area contributed by atoms with Crippen molar-refractivity contribution in [3.63, 3.8) is 0 Å². The number of hydrogen-bond donors (Lipinski definition) is 0. The first kappa shape index (κ1) is 9.27. The lowest BCUT2D eigenvalue weighted by atomic mass is 10.1. The molecular weight excluding hydrogens is 169 g/mol. The van der Waals surface area contributed by atoms with Crippen LogP contribution in [0, 0.1) is 17.1 Å². The third-order valence-corrected chi connectivity index (χ3v) is 1.51. The van der Waals surface area contributed by atoms with Crippen LogP contribution in [0.2, 0.25) is 0 Å². The van der Waals surface area contributed by atoms with Gasteiger partial charge in [0.1, 0.15) is 11.9 Å². The fourth-order valence-corrected chi connectivity index (χ4v) is 0.879. The Hall–Kier alpha value is -1.82. The summed E-state index contributed by atoms with van der Waals surface area (Å²) >= 11 is 0. The van der Waals surface area contributed by atoms with Crippen LogP contribution in [0.5, 0.6) is 0 Å². The predicted molar refractivity (Wildman–Crippen MR) is 47.2 cm³/mol. The van der Waals surface area contributed by atoms with E-state index < -0.39 is 5.82 Å². The molecule has 1 rings (SSSR count). The first-order chi connectivity index (χ1) is 6.27. The van der Waals surface area contributed by atoms with Crippen molar-refractivity contribution in [2.75, 3.05) is 7.11 Å². The minimum atomic E-state index is -0.503. The van der Waals surface area contributed by atoms with E-state index in [4.69, 9.17) is 10.00 Å². The Morgan fingerprint density at radius 3 is 2.92 bits per heavy atom. The molecule has 1 aromatic rings. The van der Waals surface area contributed by atoms with Crippen molar-refractivity contribution in [3.8, 4) is 6.07 Å². The van der Waals surface area contributed by atoms with E-state index in [9.17, 15) is 4.39 Å². The van der Waals surface area contributed by atoms with Crippen molar-refractivity contribution in [2.45, 2.75) is 0 Å². The number of rotatable bonds is 2. The molecule has 0 amide bonds. The quantitative estimate of drug-likeness (QED) is 0.649. The summed E-state index contributed by atoms with van der Waals surface area (Å²) in [4.78, 5) is 0. The molecule has 3 heteroatoms. The van der Waals surface area contributed by atoms with E-state index >= 15 is 0 Å². The summed E-state index contributed by atoms with van der Waals surface area (Å²) in [6.45, 7) is 0. The minimum absolute atomic E-state index is 0.0400. The number of hydrogen-bond acceptors (Lipinski definition) is 2. The molecule has 0 saturated heterocycles. The highest BCUT2D eigenvalue weighted by molar-refractivity contribution is 5.51. The molecule has 0 aliphatic heterocycles. The lowest BCUT2D eigenvalue weighted by Crippen LogP contribution is -1.84. The van der Waals surface area contributed by atoms with Gasteiger partial charge >= 0.3 is 0 Å². The van der Waals surface area contributed by atoms with Crippen LogP contribution in [0.25, 0.3) is 6.08 Å². The van der Waals surface area contributed by atoms with Crippen LogP contribution in [0.4, 0.5) is 4.39 Å². The Labute approximate surface area is 75.9 Å². The van der Waals surface area contributed by atoms with E-state index in [2.05, 4.69) is 0 Å². The van der Waals surface area contributed by atoms with Crippen molar-refractivity contribution in [3.05, 3.63) is 41.4 Å². The van der Waals surface area contributed by atoms with Gasteiger partial charge in [0.15, 0.2) is 0 Å². The molecule has 0 spiro atoms. The lowest BCUT2D eigenvalue weighted by Gasteiger charge is -1.95. The average Bonchev–Trinajstić information content (AvgIpc) is 2.16. The topological polar surface area (TPSA) is 33.0 Å². The van der Waals surface area contributed by atoms with Crippen LogP contribution in [0.3, 0.4) is 0 Å². The maximum Gasteiger partial charge on any atom is 0.140 e. The molecule has 0 fully saturated rings. The van der Waals surface area contributed by atoms with Gasteiger partial charge in [0, 0.05) is 0 Å². The standard InChI is InChI=1S/C10H8FNO/c1-13-5-4-8-2-3-10(11)9(6-8)7-12/h2-6H,1H3. The third kappa shape index (κ3) is 2.31. The average molecular weight is 177 g/mol. The largest absolute Gasteiger partial charge is 0.504 e. The zero-order valence-electron chi connectivity index (χ0n) is 7.12. The molecule has 0 aromatic heterocycles. The first-order valence-corrected chi connectivity index (χ1v) is 3.67. The minimum Gasteiger partial charge on any atom is -0.504 e. The van der Waals surface area contributed by atoms with Gasteiger partial charge in [-0.05, 0) is 23.8 Å². The second kappa shape index (κ2) is 4.27. The highest BCUT2D eigenvalue weighted by Gasteiger charge is 1.99. The highest BCUT2D eigenvalue weighted by atomic mass is 19.1. The molecule has 0 aliphatic rings. The third-order valence-electron chi connectivity index (χ3n) is 1.51. The van der Waals surface area contributed by atoms with Gasteiger partial charge in [0.25, 0.3) is 0 Å². The molecular formula is C10H8FNO. The van der Waals surface area contributed by atoms with Gasteiger partial charge in [-0.1, -0.05) is 6.07 Å². The molecule has 0 heterocycles. The Balaban J connectivity index is 3.01. The first-order valence-electron chi connectivity index (χ1n) is 3.67. The molecule has 66 valence electrons. The SMILES string of the molecule is COC=Cc1ccc(F)c(C#N)c1. The molecule has 0 bridgehead atoms. The summed E-state index contributed by atoms with van der Waals surface area (Å²) in [5.74, 6) is -0.503. The zero-order chi connectivity index (χ0) is 9.68. The van der Waals surface area contributed by atoms with Gasteiger partial charge in [0.05, 0.1) is 18.9 Å². The molecule has 2 nitrogen and oxygen atoms in total. The summed E-state index contributed by atoms with van der Waals surface area (Å²) in [5, 5.41) is 8.52. The van der Waals surface area contributed by atoms with Gasteiger partial charge in [-0.15, -0.1) is 0 Å². The fourth-order valence-electron chi connectivity index (χ4n) is 0.879. The molecule has 0 saturated carbocycles. The smallest absolute Gasteiger partial charge is 0.140 e. The number of benzene rings is 1. The lowest BCUT2D eigenvalue weighted by molar-refractivity contribution is 0.341. The van der Waals surface area contributed by atoms with Gasteiger partial charge in [0.2, 0.25) is 0 Å². The highest BCUT2D eigenvalue weighted by Crippen LogP contribution is 2.10. The maximum atomic E-state index is 12.8. The Bertz CT molecular complexity index is 366. The summed E-state index contributed by atoms with van der Waals surface area (Å²) in [6, 6.07) is 6.06. The van der Waals surface area contributed by atoms with Crippen LogP contribution in [-0.4, -0.2) is 7.11 Å². The summed E-state index contributed by atoms with van der Waals surface area (Å²) in [6.07, 6.45) is 3.12. The Morgan fingerprint density at radius 1 is 1.54 bits per heavy atom. The second-order valence-corrected chi connectivity index (χ2v) is 2.39.